The maximum absolute atomic E-state index is 10.5. The molecular formula is C7H7N3O2S2. The Bertz CT molecular complexity index is 497. The minimum absolute atomic E-state index is 0.488. The molecule has 1 aromatic carbocycles. The topological polar surface area (TPSA) is 88.2 Å². The third-order valence-corrected chi connectivity index (χ3v) is 2.87. The van der Waals surface area contributed by atoms with Crippen LogP contribution in [0.3, 0.4) is 0 Å². The minimum Gasteiger partial charge on any atom is -0.375 e. The summed E-state index contributed by atoms with van der Waals surface area (Å²) in [6.07, 6.45) is 0. The third-order valence-electron chi connectivity index (χ3n) is 1.61. The number of nitrogen functional groups attached to an aromatic ring is 1. The zero-order valence-corrected chi connectivity index (χ0v) is 8.56. The average molecular weight is 229 g/mol. The summed E-state index contributed by atoms with van der Waals surface area (Å²) in [5.74, 6) is 0. The first-order valence-electron chi connectivity index (χ1n) is 3.69. The molecule has 2 aromatic rings. The van der Waals surface area contributed by atoms with Crippen LogP contribution < -0.4 is 10.5 Å². The molecule has 0 spiro atoms. The first-order chi connectivity index (χ1) is 6.65. The van der Waals surface area contributed by atoms with Gasteiger partial charge in [0, 0.05) is 5.69 Å². The molecule has 0 aliphatic heterocycles. The lowest BCUT2D eigenvalue weighted by Gasteiger charge is -1.99. The number of rotatable bonds is 2. The van der Waals surface area contributed by atoms with Gasteiger partial charge < -0.3 is 5.73 Å². The molecule has 14 heavy (non-hydrogen) atoms. The van der Waals surface area contributed by atoms with Crippen molar-refractivity contribution in [1.82, 2.24) is 4.98 Å². The number of benzene rings is 1. The third kappa shape index (κ3) is 1.84. The average Bonchev–Trinajstić information content (AvgIpc) is 2.42. The predicted molar refractivity (Wildman–Crippen MR) is 58.4 cm³/mol. The van der Waals surface area contributed by atoms with Gasteiger partial charge in [0.05, 0.1) is 10.2 Å². The summed E-state index contributed by atoms with van der Waals surface area (Å²) in [7, 11) is 0. The fourth-order valence-corrected chi connectivity index (χ4v) is 2.21. The molecule has 1 unspecified atom stereocenters. The zero-order valence-electron chi connectivity index (χ0n) is 6.93. The van der Waals surface area contributed by atoms with E-state index in [0.29, 0.717) is 10.8 Å². The second-order valence-electron chi connectivity index (χ2n) is 2.59. The number of hydrogen-bond donors (Lipinski definition) is 3. The molecule has 5 nitrogen and oxygen atoms in total. The molecule has 0 amide bonds. The van der Waals surface area contributed by atoms with Crippen LogP contribution in [0.4, 0.5) is 10.8 Å². The number of fused-ring (bicyclic) bond motifs is 1. The van der Waals surface area contributed by atoms with Crippen molar-refractivity contribution in [2.24, 2.45) is 0 Å². The summed E-state index contributed by atoms with van der Waals surface area (Å²) in [4.78, 5) is 4.06. The highest BCUT2D eigenvalue weighted by Gasteiger charge is 2.02. The molecule has 1 aromatic heterocycles. The Kier molecular flexibility index (Phi) is 2.36. The van der Waals surface area contributed by atoms with Crippen LogP contribution in [0.15, 0.2) is 18.2 Å². The van der Waals surface area contributed by atoms with Crippen LogP contribution in [0.5, 0.6) is 0 Å². The van der Waals surface area contributed by atoms with Crippen molar-refractivity contribution >= 4 is 43.6 Å². The standard InChI is InChI=1S/C7H7N3O2S2/c8-7-9-5-2-1-4(10-14(11)12)3-6(5)13-7/h1-3,10H,(H2,8,9)(H,11,12). The molecule has 1 atom stereocenters. The van der Waals surface area contributed by atoms with E-state index in [1.165, 1.54) is 11.3 Å². The lowest BCUT2D eigenvalue weighted by atomic mass is 10.3. The molecule has 0 saturated heterocycles. The number of anilines is 2. The van der Waals surface area contributed by atoms with Crippen LogP contribution in [0.1, 0.15) is 0 Å². The number of nitrogens with one attached hydrogen (secondary N) is 1. The quantitative estimate of drug-likeness (QED) is 0.680. The number of thiazole rings is 1. The molecule has 0 aliphatic carbocycles. The van der Waals surface area contributed by atoms with E-state index >= 15 is 0 Å². The number of hydrogen-bond acceptors (Lipinski definition) is 4. The van der Waals surface area contributed by atoms with Crippen molar-refractivity contribution in [1.29, 1.82) is 0 Å². The van der Waals surface area contributed by atoms with E-state index < -0.39 is 11.3 Å². The smallest absolute Gasteiger partial charge is 0.259 e. The first-order valence-corrected chi connectivity index (χ1v) is 5.61. The molecule has 0 fully saturated rings. The SMILES string of the molecule is Nc1nc2ccc(NS(=O)O)cc2s1. The van der Waals surface area contributed by atoms with E-state index in [-0.39, 0.29) is 0 Å². The van der Waals surface area contributed by atoms with Gasteiger partial charge in [-0.1, -0.05) is 11.3 Å². The van der Waals surface area contributed by atoms with Crippen molar-refractivity contribution in [3.8, 4) is 0 Å². The molecular weight excluding hydrogens is 222 g/mol. The summed E-state index contributed by atoms with van der Waals surface area (Å²) in [5.41, 5.74) is 6.88. The van der Waals surface area contributed by atoms with Gasteiger partial charge in [0.1, 0.15) is 0 Å². The summed E-state index contributed by atoms with van der Waals surface area (Å²) in [5, 5.41) is 0.488. The van der Waals surface area contributed by atoms with Crippen molar-refractivity contribution in [3.63, 3.8) is 0 Å². The van der Waals surface area contributed by atoms with Crippen molar-refractivity contribution < 1.29 is 8.76 Å². The van der Waals surface area contributed by atoms with E-state index in [1.807, 2.05) is 0 Å². The number of aromatic nitrogens is 1. The van der Waals surface area contributed by atoms with Gasteiger partial charge >= 0.3 is 0 Å². The molecule has 0 aliphatic rings. The predicted octanol–water partition coefficient (Wildman–Crippen LogP) is 1.43. The van der Waals surface area contributed by atoms with E-state index in [9.17, 15) is 4.21 Å². The van der Waals surface area contributed by atoms with E-state index in [0.717, 1.165) is 10.2 Å². The Hall–Kier alpha value is -1.18. The lowest BCUT2D eigenvalue weighted by Crippen LogP contribution is -2.00. The Morgan fingerprint density at radius 1 is 1.57 bits per heavy atom. The largest absolute Gasteiger partial charge is 0.375 e. The molecule has 0 saturated carbocycles. The Labute approximate surface area is 86.4 Å². The van der Waals surface area contributed by atoms with Crippen molar-refractivity contribution in [2.75, 3.05) is 10.5 Å². The van der Waals surface area contributed by atoms with E-state index in [2.05, 4.69) is 9.71 Å². The Morgan fingerprint density at radius 2 is 2.36 bits per heavy atom. The molecule has 7 heteroatoms. The van der Waals surface area contributed by atoms with Crippen LogP contribution in [-0.2, 0) is 11.3 Å². The van der Waals surface area contributed by atoms with Gasteiger partial charge in [-0.2, -0.15) is 0 Å². The molecule has 1 heterocycles. The molecule has 2 rings (SSSR count). The second-order valence-corrected chi connectivity index (χ2v) is 4.35. The summed E-state index contributed by atoms with van der Waals surface area (Å²) in [6.45, 7) is 0. The molecule has 0 bridgehead atoms. The summed E-state index contributed by atoms with van der Waals surface area (Å²) < 4.78 is 22.3. The van der Waals surface area contributed by atoms with Crippen molar-refractivity contribution in [2.45, 2.75) is 0 Å². The van der Waals surface area contributed by atoms with Gasteiger partial charge in [-0.3, -0.25) is 9.27 Å². The highest BCUT2D eigenvalue weighted by Crippen LogP contribution is 2.26. The zero-order chi connectivity index (χ0) is 10.1. The van der Waals surface area contributed by atoms with E-state index in [4.69, 9.17) is 10.3 Å². The monoisotopic (exact) mass is 229 g/mol. The highest BCUT2D eigenvalue weighted by molar-refractivity contribution is 7.80. The number of nitrogens with two attached hydrogens (primary N) is 1. The van der Waals surface area contributed by atoms with Gasteiger partial charge in [0.2, 0.25) is 0 Å². The molecule has 74 valence electrons. The van der Waals surface area contributed by atoms with Gasteiger partial charge in [-0.25, -0.2) is 9.19 Å². The highest BCUT2D eigenvalue weighted by atomic mass is 32.2. The first kappa shape index (κ1) is 9.38. The summed E-state index contributed by atoms with van der Waals surface area (Å²) in [6, 6.07) is 5.16. The second kappa shape index (κ2) is 3.52. The fraction of sp³-hybridized carbons (Fsp3) is 0. The van der Waals surface area contributed by atoms with Crippen LogP contribution in [0, 0.1) is 0 Å². The van der Waals surface area contributed by atoms with Crippen LogP contribution >= 0.6 is 11.3 Å². The van der Waals surface area contributed by atoms with Gasteiger partial charge in [0.25, 0.3) is 11.3 Å². The minimum atomic E-state index is -2.05. The lowest BCUT2D eigenvalue weighted by molar-refractivity contribution is 0.570. The maximum Gasteiger partial charge on any atom is 0.259 e. The Balaban J connectivity index is 2.45. The molecule has 0 radical (unpaired) electrons. The fourth-order valence-electron chi connectivity index (χ4n) is 1.11. The van der Waals surface area contributed by atoms with Crippen molar-refractivity contribution in [3.05, 3.63) is 18.2 Å². The Morgan fingerprint density at radius 3 is 3.07 bits per heavy atom. The summed E-state index contributed by atoms with van der Waals surface area (Å²) >= 11 is -0.710. The van der Waals surface area contributed by atoms with Gasteiger partial charge in [0.15, 0.2) is 5.13 Å². The van der Waals surface area contributed by atoms with Crippen LogP contribution in [0.2, 0.25) is 0 Å². The maximum atomic E-state index is 10.5. The number of nitrogens with zero attached hydrogens (tertiary/aromatic N) is 1. The molecule has 4 N–H and O–H groups in total. The van der Waals surface area contributed by atoms with Gasteiger partial charge in [-0.15, -0.1) is 0 Å². The normalized spacial score (nSPS) is 12.9. The van der Waals surface area contributed by atoms with Gasteiger partial charge in [-0.05, 0) is 18.2 Å². The van der Waals surface area contributed by atoms with Crippen LogP contribution in [0.25, 0.3) is 10.2 Å². The van der Waals surface area contributed by atoms with E-state index in [1.54, 1.807) is 18.2 Å². The van der Waals surface area contributed by atoms with Crippen LogP contribution in [-0.4, -0.2) is 13.7 Å².